The van der Waals surface area contributed by atoms with Gasteiger partial charge in [-0.1, -0.05) is 11.6 Å². The largest absolute Gasteiger partial charge is 0.489 e. The van der Waals surface area contributed by atoms with Crippen LogP contribution in [0.2, 0.25) is 5.02 Å². The zero-order valence-electron chi connectivity index (χ0n) is 9.68. The monoisotopic (exact) mass is 259 g/mol. The lowest BCUT2D eigenvalue weighted by atomic mass is 10.3. The molecular formula is C11H14ClNO4. The van der Waals surface area contributed by atoms with Crippen LogP contribution < -0.4 is 4.74 Å². The number of rotatable bonds is 6. The summed E-state index contributed by atoms with van der Waals surface area (Å²) in [5.41, 5.74) is -0.0471. The molecule has 1 aromatic carbocycles. The molecule has 0 unspecified atom stereocenters. The van der Waals surface area contributed by atoms with Crippen LogP contribution in [-0.2, 0) is 4.74 Å². The number of hydrogen-bond acceptors (Lipinski definition) is 4. The van der Waals surface area contributed by atoms with Crippen LogP contribution >= 0.6 is 11.6 Å². The number of hydrogen-bond donors (Lipinski definition) is 0. The second-order valence-corrected chi connectivity index (χ2v) is 4.05. The van der Waals surface area contributed by atoms with Gasteiger partial charge in [-0.3, -0.25) is 10.1 Å². The van der Waals surface area contributed by atoms with E-state index in [0.29, 0.717) is 24.0 Å². The van der Waals surface area contributed by atoms with E-state index < -0.39 is 4.92 Å². The summed E-state index contributed by atoms with van der Waals surface area (Å²) < 4.78 is 10.6. The molecule has 0 radical (unpaired) electrons. The lowest BCUT2D eigenvalue weighted by Gasteiger charge is -2.10. The van der Waals surface area contributed by atoms with Gasteiger partial charge in [-0.25, -0.2) is 0 Å². The molecule has 0 bridgehead atoms. The molecule has 0 amide bonds. The standard InChI is InChI=1S/C11H14ClNO4/c1-8(2)16-5-6-17-11-7-9(13(14)15)3-4-10(11)12/h3-4,7-8H,5-6H2,1-2H3. The molecule has 0 aliphatic rings. The van der Waals surface area contributed by atoms with E-state index in [1.807, 2.05) is 13.8 Å². The molecule has 6 heteroatoms. The smallest absolute Gasteiger partial charge is 0.273 e. The second-order valence-electron chi connectivity index (χ2n) is 3.64. The summed E-state index contributed by atoms with van der Waals surface area (Å²) in [6.07, 6.45) is 0.124. The minimum Gasteiger partial charge on any atom is -0.489 e. The highest BCUT2D eigenvalue weighted by atomic mass is 35.5. The van der Waals surface area contributed by atoms with Crippen molar-refractivity contribution in [2.75, 3.05) is 13.2 Å². The minimum atomic E-state index is -0.492. The fourth-order valence-corrected chi connectivity index (χ4v) is 1.32. The molecule has 0 saturated carbocycles. The second kappa shape index (κ2) is 6.42. The third-order valence-electron chi connectivity index (χ3n) is 1.92. The number of nitro benzene ring substituents is 1. The SMILES string of the molecule is CC(C)OCCOc1cc([N+](=O)[O-])ccc1Cl. The van der Waals surface area contributed by atoms with Crippen molar-refractivity contribution in [2.24, 2.45) is 0 Å². The molecule has 0 atom stereocenters. The lowest BCUT2D eigenvalue weighted by molar-refractivity contribution is -0.384. The van der Waals surface area contributed by atoms with Crippen molar-refractivity contribution in [3.05, 3.63) is 33.3 Å². The molecular weight excluding hydrogens is 246 g/mol. The van der Waals surface area contributed by atoms with Crippen molar-refractivity contribution in [3.8, 4) is 5.75 Å². The van der Waals surface area contributed by atoms with Gasteiger partial charge in [0.25, 0.3) is 5.69 Å². The maximum Gasteiger partial charge on any atom is 0.273 e. The van der Waals surface area contributed by atoms with Crippen LogP contribution in [0, 0.1) is 10.1 Å². The quantitative estimate of drug-likeness (QED) is 0.447. The Morgan fingerprint density at radius 2 is 2.12 bits per heavy atom. The van der Waals surface area contributed by atoms with E-state index in [4.69, 9.17) is 21.1 Å². The number of ether oxygens (including phenoxy) is 2. The summed E-state index contributed by atoms with van der Waals surface area (Å²) in [5, 5.41) is 10.9. The fraction of sp³-hybridized carbons (Fsp3) is 0.455. The van der Waals surface area contributed by atoms with E-state index in [-0.39, 0.29) is 11.8 Å². The van der Waals surface area contributed by atoms with Crippen molar-refractivity contribution < 1.29 is 14.4 Å². The van der Waals surface area contributed by atoms with Crippen LogP contribution in [0.1, 0.15) is 13.8 Å². The summed E-state index contributed by atoms with van der Waals surface area (Å²) >= 11 is 5.85. The Kier molecular flexibility index (Phi) is 5.18. The van der Waals surface area contributed by atoms with Crippen molar-refractivity contribution in [1.29, 1.82) is 0 Å². The van der Waals surface area contributed by atoms with Crippen molar-refractivity contribution in [1.82, 2.24) is 0 Å². The van der Waals surface area contributed by atoms with Gasteiger partial charge < -0.3 is 9.47 Å². The first-order valence-electron chi connectivity index (χ1n) is 5.19. The number of benzene rings is 1. The van der Waals surface area contributed by atoms with Crippen LogP contribution in [-0.4, -0.2) is 24.2 Å². The van der Waals surface area contributed by atoms with E-state index in [1.54, 1.807) is 0 Å². The van der Waals surface area contributed by atoms with Gasteiger partial charge in [-0.05, 0) is 19.9 Å². The zero-order chi connectivity index (χ0) is 12.8. The molecule has 0 heterocycles. The Bertz CT molecular complexity index is 395. The van der Waals surface area contributed by atoms with Crippen molar-refractivity contribution >= 4 is 17.3 Å². The average Bonchev–Trinajstić information content (AvgIpc) is 2.25. The van der Waals surface area contributed by atoms with E-state index in [9.17, 15) is 10.1 Å². The molecule has 1 aromatic rings. The molecule has 0 N–H and O–H groups in total. The Morgan fingerprint density at radius 3 is 2.71 bits per heavy atom. The first-order chi connectivity index (χ1) is 8.00. The molecule has 0 fully saturated rings. The summed E-state index contributed by atoms with van der Waals surface area (Å²) in [4.78, 5) is 10.1. The predicted octanol–water partition coefficient (Wildman–Crippen LogP) is 3.05. The van der Waals surface area contributed by atoms with E-state index in [1.165, 1.54) is 18.2 Å². The van der Waals surface area contributed by atoms with Crippen LogP contribution in [0.25, 0.3) is 0 Å². The molecule has 94 valence electrons. The first-order valence-corrected chi connectivity index (χ1v) is 5.57. The molecule has 17 heavy (non-hydrogen) atoms. The van der Waals surface area contributed by atoms with Gasteiger partial charge in [0.2, 0.25) is 0 Å². The summed E-state index contributed by atoms with van der Waals surface area (Å²) in [6.45, 7) is 4.55. The molecule has 0 aliphatic heterocycles. The molecule has 0 aliphatic carbocycles. The van der Waals surface area contributed by atoms with Crippen molar-refractivity contribution in [3.63, 3.8) is 0 Å². The molecule has 0 spiro atoms. The third kappa shape index (κ3) is 4.58. The highest BCUT2D eigenvalue weighted by Gasteiger charge is 2.10. The van der Waals surface area contributed by atoms with Gasteiger partial charge in [-0.15, -0.1) is 0 Å². The lowest BCUT2D eigenvalue weighted by Crippen LogP contribution is -2.11. The van der Waals surface area contributed by atoms with Gasteiger partial charge in [0.1, 0.15) is 12.4 Å². The fourth-order valence-electron chi connectivity index (χ4n) is 1.15. The number of non-ortho nitro benzene ring substituents is 1. The van der Waals surface area contributed by atoms with Gasteiger partial charge in [0.05, 0.1) is 28.7 Å². The number of halogens is 1. The predicted molar refractivity (Wildman–Crippen MR) is 64.7 cm³/mol. The highest BCUT2D eigenvalue weighted by Crippen LogP contribution is 2.28. The summed E-state index contributed by atoms with van der Waals surface area (Å²) in [6, 6.07) is 4.08. The highest BCUT2D eigenvalue weighted by molar-refractivity contribution is 6.32. The summed E-state index contributed by atoms with van der Waals surface area (Å²) in [5.74, 6) is 0.299. The Labute approximate surface area is 104 Å². The molecule has 5 nitrogen and oxygen atoms in total. The van der Waals surface area contributed by atoms with Gasteiger partial charge >= 0.3 is 0 Å². The number of nitrogens with zero attached hydrogens (tertiary/aromatic N) is 1. The minimum absolute atomic E-state index is 0.0471. The van der Waals surface area contributed by atoms with Crippen LogP contribution in [0.15, 0.2) is 18.2 Å². The maximum absolute atomic E-state index is 10.6. The normalized spacial score (nSPS) is 10.6. The Balaban J connectivity index is 2.57. The molecule has 0 saturated heterocycles. The van der Waals surface area contributed by atoms with Gasteiger partial charge in [-0.2, -0.15) is 0 Å². The Hall–Kier alpha value is -1.33. The molecule has 0 aromatic heterocycles. The van der Waals surface area contributed by atoms with Crippen molar-refractivity contribution in [2.45, 2.75) is 20.0 Å². The van der Waals surface area contributed by atoms with E-state index in [2.05, 4.69) is 0 Å². The number of nitro groups is 1. The van der Waals surface area contributed by atoms with Crippen LogP contribution in [0.3, 0.4) is 0 Å². The topological polar surface area (TPSA) is 61.6 Å². The van der Waals surface area contributed by atoms with Gasteiger partial charge in [0, 0.05) is 6.07 Å². The van der Waals surface area contributed by atoms with Gasteiger partial charge in [0.15, 0.2) is 0 Å². The maximum atomic E-state index is 10.6. The zero-order valence-corrected chi connectivity index (χ0v) is 10.4. The van der Waals surface area contributed by atoms with Crippen LogP contribution in [0.5, 0.6) is 5.75 Å². The first kappa shape index (κ1) is 13.7. The third-order valence-corrected chi connectivity index (χ3v) is 2.23. The van der Waals surface area contributed by atoms with Crippen LogP contribution in [0.4, 0.5) is 5.69 Å². The average molecular weight is 260 g/mol. The summed E-state index contributed by atoms with van der Waals surface area (Å²) in [7, 11) is 0. The van der Waals surface area contributed by atoms with E-state index >= 15 is 0 Å². The molecule has 1 rings (SSSR count). The van der Waals surface area contributed by atoms with E-state index in [0.717, 1.165) is 0 Å². The Morgan fingerprint density at radius 1 is 1.41 bits per heavy atom.